The summed E-state index contributed by atoms with van der Waals surface area (Å²) < 4.78 is 4.69. The van der Waals surface area contributed by atoms with E-state index in [1.165, 1.54) is 7.11 Å². The molecule has 0 aliphatic rings. The summed E-state index contributed by atoms with van der Waals surface area (Å²) in [5, 5.41) is 0. The summed E-state index contributed by atoms with van der Waals surface area (Å²) in [5.74, 6) is -0.332. The monoisotopic (exact) mass is 193 g/mol. The lowest BCUT2D eigenvalue weighted by molar-refractivity contribution is 0.0599. The third-order valence-electron chi connectivity index (χ3n) is 2.18. The van der Waals surface area contributed by atoms with Gasteiger partial charge < -0.3 is 10.5 Å². The van der Waals surface area contributed by atoms with Gasteiger partial charge in [-0.2, -0.15) is 0 Å². The molecule has 0 heterocycles. The fraction of sp³-hybridized carbons (Fsp3) is 0.364. The van der Waals surface area contributed by atoms with E-state index in [0.29, 0.717) is 5.56 Å². The lowest BCUT2D eigenvalue weighted by Crippen LogP contribution is -2.14. The van der Waals surface area contributed by atoms with Crippen LogP contribution in [0, 0.1) is 6.92 Å². The second-order valence-corrected chi connectivity index (χ2v) is 3.32. The van der Waals surface area contributed by atoms with Crippen LogP contribution < -0.4 is 5.73 Å². The van der Waals surface area contributed by atoms with Gasteiger partial charge in [0.2, 0.25) is 0 Å². The van der Waals surface area contributed by atoms with Crippen molar-refractivity contribution in [3.05, 3.63) is 34.9 Å². The number of aryl methyl sites for hydroxylation is 1. The molecule has 0 fully saturated rings. The predicted molar refractivity (Wildman–Crippen MR) is 55.1 cm³/mol. The highest BCUT2D eigenvalue weighted by Crippen LogP contribution is 2.20. The first-order chi connectivity index (χ1) is 6.57. The highest BCUT2D eigenvalue weighted by atomic mass is 16.5. The molecule has 0 saturated carbocycles. The van der Waals surface area contributed by atoms with Crippen LogP contribution in [0.5, 0.6) is 0 Å². The van der Waals surface area contributed by atoms with Crippen LogP contribution in [0.1, 0.15) is 34.5 Å². The Morgan fingerprint density at radius 3 is 2.64 bits per heavy atom. The molecule has 14 heavy (non-hydrogen) atoms. The molecule has 1 aromatic rings. The molecule has 0 aliphatic heterocycles. The molecule has 0 amide bonds. The number of carbonyl (C=O) groups excluding carboxylic acids is 1. The van der Waals surface area contributed by atoms with E-state index in [1.807, 2.05) is 26.0 Å². The average molecular weight is 193 g/mol. The summed E-state index contributed by atoms with van der Waals surface area (Å²) in [6.07, 6.45) is 0. The number of nitrogens with two attached hydrogens (primary N) is 1. The maximum atomic E-state index is 11.4. The number of rotatable bonds is 2. The fourth-order valence-corrected chi connectivity index (χ4v) is 1.57. The Bertz CT molecular complexity index is 345. The maximum Gasteiger partial charge on any atom is 0.338 e. The molecule has 3 heteroatoms. The topological polar surface area (TPSA) is 52.3 Å². The van der Waals surface area contributed by atoms with E-state index in [1.54, 1.807) is 6.07 Å². The summed E-state index contributed by atoms with van der Waals surface area (Å²) >= 11 is 0. The van der Waals surface area contributed by atoms with Gasteiger partial charge in [-0.3, -0.25) is 0 Å². The van der Waals surface area contributed by atoms with Crippen LogP contribution in [0.25, 0.3) is 0 Å². The van der Waals surface area contributed by atoms with Crippen molar-refractivity contribution >= 4 is 5.97 Å². The molecule has 0 bridgehead atoms. The SMILES string of the molecule is COC(=O)c1cccc(C)c1[C@H](C)N. The molecule has 0 aromatic heterocycles. The van der Waals surface area contributed by atoms with Crippen LogP contribution in [-0.4, -0.2) is 13.1 Å². The van der Waals surface area contributed by atoms with E-state index in [-0.39, 0.29) is 12.0 Å². The van der Waals surface area contributed by atoms with E-state index >= 15 is 0 Å². The van der Waals surface area contributed by atoms with Crippen LogP contribution >= 0.6 is 0 Å². The number of benzene rings is 1. The van der Waals surface area contributed by atoms with Gasteiger partial charge in [0.15, 0.2) is 0 Å². The Hall–Kier alpha value is -1.35. The summed E-state index contributed by atoms with van der Waals surface area (Å²) in [6.45, 7) is 3.79. The highest BCUT2D eigenvalue weighted by Gasteiger charge is 2.15. The van der Waals surface area contributed by atoms with Crippen molar-refractivity contribution in [3.63, 3.8) is 0 Å². The van der Waals surface area contributed by atoms with Gasteiger partial charge in [0.1, 0.15) is 0 Å². The van der Waals surface area contributed by atoms with Crippen molar-refractivity contribution in [3.8, 4) is 0 Å². The number of hydrogen-bond acceptors (Lipinski definition) is 3. The molecule has 2 N–H and O–H groups in total. The molecule has 1 rings (SSSR count). The van der Waals surface area contributed by atoms with Crippen molar-refractivity contribution in [2.75, 3.05) is 7.11 Å². The van der Waals surface area contributed by atoms with E-state index in [0.717, 1.165) is 11.1 Å². The maximum absolute atomic E-state index is 11.4. The lowest BCUT2D eigenvalue weighted by Gasteiger charge is -2.13. The van der Waals surface area contributed by atoms with Crippen LogP contribution in [-0.2, 0) is 4.74 Å². The Balaban J connectivity index is 3.28. The van der Waals surface area contributed by atoms with Crippen LogP contribution in [0.3, 0.4) is 0 Å². The smallest absolute Gasteiger partial charge is 0.338 e. The van der Waals surface area contributed by atoms with Crippen molar-refractivity contribution in [1.29, 1.82) is 0 Å². The second-order valence-electron chi connectivity index (χ2n) is 3.32. The minimum atomic E-state index is -0.332. The summed E-state index contributed by atoms with van der Waals surface area (Å²) in [4.78, 5) is 11.4. The van der Waals surface area contributed by atoms with Crippen molar-refractivity contribution < 1.29 is 9.53 Å². The largest absolute Gasteiger partial charge is 0.465 e. The third-order valence-corrected chi connectivity index (χ3v) is 2.18. The Morgan fingerprint density at radius 2 is 2.14 bits per heavy atom. The van der Waals surface area contributed by atoms with E-state index < -0.39 is 0 Å². The normalized spacial score (nSPS) is 12.3. The first-order valence-corrected chi connectivity index (χ1v) is 4.51. The van der Waals surface area contributed by atoms with E-state index in [2.05, 4.69) is 4.74 Å². The minimum absolute atomic E-state index is 0.162. The molecular weight excluding hydrogens is 178 g/mol. The minimum Gasteiger partial charge on any atom is -0.465 e. The number of hydrogen-bond donors (Lipinski definition) is 1. The van der Waals surface area contributed by atoms with Gasteiger partial charge in [0.05, 0.1) is 12.7 Å². The van der Waals surface area contributed by atoms with Crippen molar-refractivity contribution in [2.24, 2.45) is 5.73 Å². The molecular formula is C11H15NO2. The lowest BCUT2D eigenvalue weighted by atomic mass is 9.97. The number of methoxy groups -OCH3 is 1. The number of esters is 1. The first-order valence-electron chi connectivity index (χ1n) is 4.51. The Morgan fingerprint density at radius 1 is 1.50 bits per heavy atom. The number of carbonyl (C=O) groups is 1. The summed E-state index contributed by atoms with van der Waals surface area (Å²) in [6, 6.07) is 5.33. The zero-order valence-electron chi connectivity index (χ0n) is 8.70. The zero-order valence-corrected chi connectivity index (χ0v) is 8.70. The first kappa shape index (κ1) is 10.7. The zero-order chi connectivity index (χ0) is 10.7. The van der Waals surface area contributed by atoms with E-state index in [4.69, 9.17) is 5.73 Å². The van der Waals surface area contributed by atoms with Gasteiger partial charge >= 0.3 is 5.97 Å². The Kier molecular flexibility index (Phi) is 3.25. The standard InChI is InChI=1S/C11H15NO2/c1-7-5-4-6-9(11(13)14-3)10(7)8(2)12/h4-6,8H,12H2,1-3H3/t8-/m0/s1. The summed E-state index contributed by atoms with van der Waals surface area (Å²) in [5.41, 5.74) is 8.24. The van der Waals surface area contributed by atoms with Gasteiger partial charge in [-0.1, -0.05) is 12.1 Å². The predicted octanol–water partition coefficient (Wildman–Crippen LogP) is 1.80. The van der Waals surface area contributed by atoms with Gasteiger partial charge in [0, 0.05) is 6.04 Å². The quantitative estimate of drug-likeness (QED) is 0.729. The van der Waals surface area contributed by atoms with Crippen LogP contribution in [0.4, 0.5) is 0 Å². The second kappa shape index (κ2) is 4.24. The molecule has 0 saturated heterocycles. The third kappa shape index (κ3) is 1.93. The van der Waals surface area contributed by atoms with Crippen LogP contribution in [0.15, 0.2) is 18.2 Å². The van der Waals surface area contributed by atoms with Gasteiger partial charge in [-0.15, -0.1) is 0 Å². The Labute approximate surface area is 83.9 Å². The van der Waals surface area contributed by atoms with Crippen LogP contribution in [0.2, 0.25) is 0 Å². The van der Waals surface area contributed by atoms with Gasteiger partial charge in [-0.05, 0) is 31.0 Å². The molecule has 3 nitrogen and oxygen atoms in total. The molecule has 1 atom stereocenters. The molecule has 0 unspecified atom stereocenters. The average Bonchev–Trinajstić information content (AvgIpc) is 2.15. The molecule has 0 spiro atoms. The highest BCUT2D eigenvalue weighted by molar-refractivity contribution is 5.91. The molecule has 1 aromatic carbocycles. The molecule has 0 radical (unpaired) electrons. The van der Waals surface area contributed by atoms with Crippen molar-refractivity contribution in [2.45, 2.75) is 19.9 Å². The van der Waals surface area contributed by atoms with Gasteiger partial charge in [0.25, 0.3) is 0 Å². The summed E-state index contributed by atoms with van der Waals surface area (Å²) in [7, 11) is 1.37. The molecule has 76 valence electrons. The van der Waals surface area contributed by atoms with Gasteiger partial charge in [-0.25, -0.2) is 4.79 Å². The van der Waals surface area contributed by atoms with E-state index in [9.17, 15) is 4.79 Å². The fourth-order valence-electron chi connectivity index (χ4n) is 1.57. The number of ether oxygens (including phenoxy) is 1. The van der Waals surface area contributed by atoms with Crippen molar-refractivity contribution in [1.82, 2.24) is 0 Å². The molecule has 0 aliphatic carbocycles.